The summed E-state index contributed by atoms with van der Waals surface area (Å²) in [6.45, 7) is 2.36. The van der Waals surface area contributed by atoms with E-state index in [9.17, 15) is 9.18 Å². The quantitative estimate of drug-likeness (QED) is 0.874. The van der Waals surface area contributed by atoms with Gasteiger partial charge in [0, 0.05) is 7.05 Å². The summed E-state index contributed by atoms with van der Waals surface area (Å²) in [4.78, 5) is 12.3. The second-order valence-electron chi connectivity index (χ2n) is 6.17. The first-order chi connectivity index (χ1) is 12.0. The maximum absolute atomic E-state index is 13.3. The fourth-order valence-corrected chi connectivity index (χ4v) is 3.44. The molecule has 0 spiro atoms. The maximum Gasteiger partial charge on any atom is 0.315 e. The largest absolute Gasteiger partial charge is 0.481 e. The third kappa shape index (κ3) is 3.45. The summed E-state index contributed by atoms with van der Waals surface area (Å²) in [6, 6.07) is 4.39. The summed E-state index contributed by atoms with van der Waals surface area (Å²) >= 11 is 0. The molecule has 2 N–H and O–H groups in total. The van der Waals surface area contributed by atoms with Crippen molar-refractivity contribution in [2.45, 2.75) is 38.8 Å². The standard InChI is InChI=1S/C18H23FN4O2/c1-4-15-14(17(25-3)23(2)22-15)10-20-18(24)21-16-8-5-11-9-12(19)6-7-13(11)16/h6-7,9,16H,4-5,8,10H2,1-3H3,(H2,20,21,24)/t16-/m1/s1. The third-order valence-electron chi connectivity index (χ3n) is 4.61. The molecular formula is C18H23FN4O2. The molecule has 1 aromatic heterocycles. The number of ether oxygens (including phenoxy) is 1. The number of urea groups is 1. The Bertz CT molecular complexity index is 788. The van der Waals surface area contributed by atoms with E-state index in [1.807, 2.05) is 14.0 Å². The van der Waals surface area contributed by atoms with Gasteiger partial charge in [-0.05, 0) is 42.5 Å². The van der Waals surface area contributed by atoms with Gasteiger partial charge in [0.25, 0.3) is 0 Å². The van der Waals surface area contributed by atoms with Gasteiger partial charge in [0.2, 0.25) is 5.88 Å². The molecule has 1 aromatic carbocycles. The predicted molar refractivity (Wildman–Crippen MR) is 92.0 cm³/mol. The number of hydrogen-bond donors (Lipinski definition) is 2. The van der Waals surface area contributed by atoms with Crippen LogP contribution in [0, 0.1) is 5.82 Å². The Morgan fingerprint density at radius 1 is 1.48 bits per heavy atom. The molecule has 0 unspecified atom stereocenters. The first kappa shape index (κ1) is 17.3. The number of nitrogens with zero attached hydrogens (tertiary/aromatic N) is 2. The number of fused-ring (bicyclic) bond motifs is 1. The number of halogens is 1. The van der Waals surface area contributed by atoms with Gasteiger partial charge in [0.1, 0.15) is 5.82 Å². The van der Waals surface area contributed by atoms with E-state index >= 15 is 0 Å². The molecule has 0 bridgehead atoms. The van der Waals surface area contributed by atoms with Crippen molar-refractivity contribution in [1.82, 2.24) is 20.4 Å². The van der Waals surface area contributed by atoms with E-state index in [1.54, 1.807) is 23.9 Å². The molecule has 2 aromatic rings. The molecule has 0 fully saturated rings. The first-order valence-electron chi connectivity index (χ1n) is 8.44. The molecule has 2 amide bonds. The van der Waals surface area contributed by atoms with Crippen LogP contribution in [-0.4, -0.2) is 22.9 Å². The van der Waals surface area contributed by atoms with Gasteiger partial charge in [-0.2, -0.15) is 5.10 Å². The number of amides is 2. The average Bonchev–Trinajstić information content (AvgIpc) is 3.12. The lowest BCUT2D eigenvalue weighted by atomic mass is 10.1. The van der Waals surface area contributed by atoms with Crippen molar-refractivity contribution in [2.24, 2.45) is 7.05 Å². The minimum Gasteiger partial charge on any atom is -0.481 e. The fraction of sp³-hybridized carbons (Fsp3) is 0.444. The van der Waals surface area contributed by atoms with Gasteiger partial charge < -0.3 is 15.4 Å². The smallest absolute Gasteiger partial charge is 0.315 e. The molecule has 0 aliphatic heterocycles. The van der Waals surface area contributed by atoms with Crippen LogP contribution >= 0.6 is 0 Å². The molecule has 0 saturated carbocycles. The summed E-state index contributed by atoms with van der Waals surface area (Å²) in [6.07, 6.45) is 2.31. The van der Waals surface area contributed by atoms with Crippen molar-refractivity contribution in [2.75, 3.05) is 7.11 Å². The van der Waals surface area contributed by atoms with Crippen LogP contribution in [0.15, 0.2) is 18.2 Å². The Morgan fingerprint density at radius 3 is 3.00 bits per heavy atom. The zero-order valence-corrected chi connectivity index (χ0v) is 14.7. The van der Waals surface area contributed by atoms with Gasteiger partial charge in [-0.25, -0.2) is 13.9 Å². The number of aromatic nitrogens is 2. The third-order valence-corrected chi connectivity index (χ3v) is 4.61. The van der Waals surface area contributed by atoms with E-state index in [4.69, 9.17) is 4.74 Å². The van der Waals surface area contributed by atoms with Crippen molar-refractivity contribution in [1.29, 1.82) is 0 Å². The van der Waals surface area contributed by atoms with Gasteiger partial charge in [-0.1, -0.05) is 13.0 Å². The highest BCUT2D eigenvalue weighted by atomic mass is 19.1. The molecule has 3 rings (SSSR count). The number of hydrogen-bond acceptors (Lipinski definition) is 3. The highest BCUT2D eigenvalue weighted by Gasteiger charge is 2.24. The number of aryl methyl sites for hydroxylation is 3. The van der Waals surface area contributed by atoms with Crippen molar-refractivity contribution in [3.05, 3.63) is 46.4 Å². The van der Waals surface area contributed by atoms with Gasteiger partial charge in [-0.3, -0.25) is 0 Å². The van der Waals surface area contributed by atoms with E-state index in [2.05, 4.69) is 15.7 Å². The molecule has 7 heteroatoms. The molecule has 1 aliphatic rings. The molecule has 0 saturated heterocycles. The Morgan fingerprint density at radius 2 is 2.28 bits per heavy atom. The summed E-state index contributed by atoms with van der Waals surface area (Å²) in [5.74, 6) is 0.415. The van der Waals surface area contributed by atoms with Crippen LogP contribution in [0.1, 0.15) is 41.8 Å². The fourth-order valence-electron chi connectivity index (χ4n) is 3.44. The Balaban J connectivity index is 1.64. The van der Waals surface area contributed by atoms with E-state index in [1.165, 1.54) is 6.07 Å². The number of nitrogens with one attached hydrogen (secondary N) is 2. The summed E-state index contributed by atoms with van der Waals surface area (Å²) in [5.41, 5.74) is 3.75. The Hall–Kier alpha value is -2.57. The molecule has 1 aliphatic carbocycles. The van der Waals surface area contributed by atoms with Crippen molar-refractivity contribution in [3.8, 4) is 5.88 Å². The van der Waals surface area contributed by atoms with Crippen molar-refractivity contribution in [3.63, 3.8) is 0 Å². The number of benzene rings is 1. The second kappa shape index (κ2) is 7.13. The molecule has 1 heterocycles. The van der Waals surface area contributed by atoms with Crippen LogP contribution in [0.25, 0.3) is 0 Å². The molecule has 6 nitrogen and oxygen atoms in total. The Kier molecular flexibility index (Phi) is 4.92. The van der Waals surface area contributed by atoms with Crippen LogP contribution in [0.4, 0.5) is 9.18 Å². The van der Waals surface area contributed by atoms with Gasteiger partial charge >= 0.3 is 6.03 Å². The van der Waals surface area contributed by atoms with Crippen LogP contribution in [0.2, 0.25) is 0 Å². The zero-order valence-electron chi connectivity index (χ0n) is 14.7. The lowest BCUT2D eigenvalue weighted by Crippen LogP contribution is -2.37. The topological polar surface area (TPSA) is 68.2 Å². The lowest BCUT2D eigenvalue weighted by molar-refractivity contribution is 0.236. The van der Waals surface area contributed by atoms with Crippen molar-refractivity contribution >= 4 is 6.03 Å². The lowest BCUT2D eigenvalue weighted by Gasteiger charge is -2.15. The van der Waals surface area contributed by atoms with E-state index in [0.29, 0.717) is 12.4 Å². The minimum absolute atomic E-state index is 0.0861. The molecule has 0 radical (unpaired) electrons. The summed E-state index contributed by atoms with van der Waals surface area (Å²) < 4.78 is 20.3. The Labute approximate surface area is 146 Å². The van der Waals surface area contributed by atoms with Crippen LogP contribution < -0.4 is 15.4 Å². The van der Waals surface area contributed by atoms with E-state index < -0.39 is 0 Å². The number of carbonyl (C=O) groups is 1. The van der Waals surface area contributed by atoms with Crippen LogP contribution in [-0.2, 0) is 26.4 Å². The molecule has 25 heavy (non-hydrogen) atoms. The summed E-state index contributed by atoms with van der Waals surface area (Å²) in [5, 5.41) is 10.2. The zero-order chi connectivity index (χ0) is 18.0. The SMILES string of the molecule is CCc1nn(C)c(OC)c1CNC(=O)N[C@@H]1CCc2cc(F)ccc21. The van der Waals surface area contributed by atoms with Gasteiger partial charge in [-0.15, -0.1) is 0 Å². The predicted octanol–water partition coefficient (Wildman–Crippen LogP) is 2.62. The highest BCUT2D eigenvalue weighted by molar-refractivity contribution is 5.74. The maximum atomic E-state index is 13.3. The molecule has 134 valence electrons. The number of carbonyl (C=O) groups excluding carboxylic acids is 1. The molecule has 1 atom stereocenters. The second-order valence-corrected chi connectivity index (χ2v) is 6.17. The average molecular weight is 346 g/mol. The highest BCUT2D eigenvalue weighted by Crippen LogP contribution is 2.31. The van der Waals surface area contributed by atoms with Gasteiger partial charge in [0.15, 0.2) is 0 Å². The number of rotatable bonds is 5. The normalized spacial score (nSPS) is 15.8. The van der Waals surface area contributed by atoms with Crippen LogP contribution in [0.5, 0.6) is 5.88 Å². The van der Waals surface area contributed by atoms with E-state index in [0.717, 1.165) is 41.6 Å². The summed E-state index contributed by atoms with van der Waals surface area (Å²) in [7, 11) is 3.41. The minimum atomic E-state index is -0.255. The monoisotopic (exact) mass is 346 g/mol. The number of methoxy groups -OCH3 is 1. The molecular weight excluding hydrogens is 323 g/mol. The van der Waals surface area contributed by atoms with Crippen molar-refractivity contribution < 1.29 is 13.9 Å². The first-order valence-corrected chi connectivity index (χ1v) is 8.44. The van der Waals surface area contributed by atoms with Gasteiger partial charge in [0.05, 0.1) is 31.0 Å². The van der Waals surface area contributed by atoms with Crippen LogP contribution in [0.3, 0.4) is 0 Å². The van der Waals surface area contributed by atoms with E-state index in [-0.39, 0.29) is 17.9 Å².